The molecule has 0 N–H and O–H groups in total. The minimum atomic E-state index is 0.318. The Labute approximate surface area is 105 Å². The van der Waals surface area contributed by atoms with E-state index >= 15 is 0 Å². The summed E-state index contributed by atoms with van der Waals surface area (Å²) in [7, 11) is 3.83. The van der Waals surface area contributed by atoms with Gasteiger partial charge in [0.25, 0.3) is 0 Å². The van der Waals surface area contributed by atoms with Gasteiger partial charge in [0, 0.05) is 11.4 Å². The van der Waals surface area contributed by atoms with Crippen LogP contribution in [-0.2, 0) is 19.0 Å². The van der Waals surface area contributed by atoms with Crippen LogP contribution in [0, 0.1) is 0 Å². The lowest BCUT2D eigenvalue weighted by molar-refractivity contribution is -0.799. The van der Waals surface area contributed by atoms with Crippen LogP contribution in [0.5, 0.6) is 0 Å². The van der Waals surface area contributed by atoms with E-state index in [4.69, 9.17) is 24.2 Å². The maximum absolute atomic E-state index is 5.82. The third kappa shape index (κ3) is 2.40. The van der Waals surface area contributed by atoms with E-state index in [0.717, 1.165) is 16.4 Å². The summed E-state index contributed by atoms with van der Waals surface area (Å²) < 4.78 is 0.318. The molecule has 0 aliphatic carbocycles. The Kier molecular flexibility index (Phi) is 2.97. The maximum Gasteiger partial charge on any atom is 0.192 e. The van der Waals surface area contributed by atoms with Gasteiger partial charge in [-0.3, -0.25) is 0 Å². The van der Waals surface area contributed by atoms with E-state index in [0.29, 0.717) is 16.2 Å². The molecule has 1 heterocycles. The molecule has 0 unspecified atom stereocenters. The van der Waals surface area contributed by atoms with E-state index in [-0.39, 0.29) is 0 Å². The second-order valence-corrected chi connectivity index (χ2v) is 4.91. The van der Waals surface area contributed by atoms with Crippen LogP contribution in [0.25, 0.3) is 0 Å². The molecule has 0 saturated carbocycles. The first-order valence-electron chi connectivity index (χ1n) is 4.91. The minimum absolute atomic E-state index is 0.318. The largest absolute Gasteiger partial charge is 0.697 e. The van der Waals surface area contributed by atoms with Crippen LogP contribution in [0.3, 0.4) is 0 Å². The minimum Gasteiger partial charge on any atom is -0.697 e. The van der Waals surface area contributed by atoms with Gasteiger partial charge in [0.15, 0.2) is 5.84 Å². The van der Waals surface area contributed by atoms with E-state index in [9.17, 15) is 0 Å². The zero-order valence-electron chi connectivity index (χ0n) is 9.14. The number of halogens is 1. The lowest BCUT2D eigenvalue weighted by Gasteiger charge is -2.21. The molecule has 3 nitrogen and oxygen atoms in total. The first kappa shape index (κ1) is 11.5. The molecule has 0 bridgehead atoms. The van der Waals surface area contributed by atoms with Gasteiger partial charge in [-0.1, -0.05) is 28.8 Å². The van der Waals surface area contributed by atoms with Crippen molar-refractivity contribution in [1.29, 1.82) is 0 Å². The molecule has 0 saturated heterocycles. The molecule has 0 fully saturated rings. The summed E-state index contributed by atoms with van der Waals surface area (Å²) in [5.41, 5.74) is 1.14. The van der Waals surface area contributed by atoms with E-state index in [1.807, 2.05) is 38.4 Å². The first-order valence-corrected chi connectivity index (χ1v) is 5.70. The standard InChI is InChI=1S/C11H12ClN3S/c1-15(2)11(16)13-10(14-15)7-8-3-5-9(12)6-4-8/h3-6H,7H2,1-2H3. The van der Waals surface area contributed by atoms with Crippen LogP contribution in [0.4, 0.5) is 0 Å². The van der Waals surface area contributed by atoms with Crippen molar-refractivity contribution in [3.63, 3.8) is 0 Å². The van der Waals surface area contributed by atoms with Gasteiger partial charge >= 0.3 is 0 Å². The van der Waals surface area contributed by atoms with Crippen LogP contribution < -0.4 is 0 Å². The topological polar surface area (TPSA) is 24.7 Å². The number of amidine groups is 2. The van der Waals surface area contributed by atoms with Crippen molar-refractivity contribution in [3.05, 3.63) is 34.9 Å². The van der Waals surface area contributed by atoms with Gasteiger partial charge in [-0.15, -0.1) is 0 Å². The second-order valence-electron chi connectivity index (χ2n) is 4.11. The molecule has 5 heteroatoms. The van der Waals surface area contributed by atoms with Gasteiger partial charge in [-0.25, -0.2) is 0 Å². The van der Waals surface area contributed by atoms with Gasteiger partial charge in [0.2, 0.25) is 0 Å². The lowest BCUT2D eigenvalue weighted by Crippen LogP contribution is -2.36. The maximum atomic E-state index is 5.82. The molecule has 1 aromatic carbocycles. The fourth-order valence-electron chi connectivity index (χ4n) is 1.45. The van der Waals surface area contributed by atoms with E-state index in [1.165, 1.54) is 0 Å². The van der Waals surface area contributed by atoms with Crippen LogP contribution in [-0.4, -0.2) is 29.7 Å². The zero-order valence-corrected chi connectivity index (χ0v) is 10.7. The molecule has 0 atom stereocenters. The Morgan fingerprint density at radius 2 is 1.88 bits per heavy atom. The van der Waals surface area contributed by atoms with Gasteiger partial charge < -0.3 is 12.6 Å². The molecule has 0 aromatic heterocycles. The van der Waals surface area contributed by atoms with Crippen molar-refractivity contribution < 1.29 is 4.59 Å². The molecule has 1 aliphatic rings. The van der Waals surface area contributed by atoms with Gasteiger partial charge in [0.1, 0.15) is 5.17 Å². The SMILES string of the molecule is C[N+]1(C)N=C(Cc2ccc(Cl)cc2)N=C1[S-]. The van der Waals surface area contributed by atoms with Crippen molar-refractivity contribution in [2.24, 2.45) is 10.1 Å². The highest BCUT2D eigenvalue weighted by molar-refractivity contribution is 7.76. The molecule has 2 rings (SSSR count). The highest BCUT2D eigenvalue weighted by Gasteiger charge is 2.22. The quantitative estimate of drug-likeness (QED) is 0.586. The molecule has 84 valence electrons. The fourth-order valence-corrected chi connectivity index (χ4v) is 1.72. The summed E-state index contributed by atoms with van der Waals surface area (Å²) in [4.78, 5) is 4.28. The summed E-state index contributed by atoms with van der Waals surface area (Å²) in [5, 5.41) is 5.77. The normalized spacial score (nSPS) is 18.2. The lowest BCUT2D eigenvalue weighted by atomic mass is 10.1. The fraction of sp³-hybridized carbons (Fsp3) is 0.273. The summed E-state index contributed by atoms with van der Waals surface area (Å²) in [6.45, 7) is 0. The Morgan fingerprint density at radius 3 is 2.38 bits per heavy atom. The van der Waals surface area contributed by atoms with E-state index < -0.39 is 0 Å². The zero-order chi connectivity index (χ0) is 11.8. The molecular weight excluding hydrogens is 242 g/mol. The monoisotopic (exact) mass is 253 g/mol. The number of hydrogen-bond donors (Lipinski definition) is 0. The van der Waals surface area contributed by atoms with Gasteiger partial charge in [0.05, 0.1) is 14.1 Å². The second kappa shape index (κ2) is 4.13. The van der Waals surface area contributed by atoms with Crippen molar-refractivity contribution in [1.82, 2.24) is 0 Å². The third-order valence-corrected chi connectivity index (χ3v) is 3.12. The number of quaternary nitrogens is 1. The van der Waals surface area contributed by atoms with Crippen LogP contribution in [0.2, 0.25) is 5.02 Å². The highest BCUT2D eigenvalue weighted by atomic mass is 35.5. The number of rotatable bonds is 2. The summed E-state index contributed by atoms with van der Waals surface area (Å²) in [6, 6.07) is 7.68. The Hall–Kier alpha value is -0.970. The Morgan fingerprint density at radius 1 is 1.25 bits per heavy atom. The first-order chi connectivity index (χ1) is 7.47. The third-order valence-electron chi connectivity index (χ3n) is 2.33. The summed E-state index contributed by atoms with van der Waals surface area (Å²) in [6.07, 6.45) is 0.693. The predicted octanol–water partition coefficient (Wildman–Crippen LogP) is 2.19. The predicted molar refractivity (Wildman–Crippen MR) is 69.5 cm³/mol. The molecule has 1 aliphatic heterocycles. The van der Waals surface area contributed by atoms with E-state index in [1.54, 1.807) is 0 Å². The molecule has 0 amide bonds. The Balaban J connectivity index is 2.16. The molecule has 0 radical (unpaired) electrons. The number of aliphatic imine (C=N–C) groups is 1. The van der Waals surface area contributed by atoms with Crippen LogP contribution in [0.15, 0.2) is 34.4 Å². The smallest absolute Gasteiger partial charge is 0.192 e. The molecule has 1 aromatic rings. The average Bonchev–Trinajstić information content (AvgIpc) is 2.44. The summed E-state index contributed by atoms with van der Waals surface area (Å²) >= 11 is 11.0. The van der Waals surface area contributed by atoms with Crippen LogP contribution in [0.1, 0.15) is 5.56 Å². The Bertz CT molecular complexity index is 463. The van der Waals surface area contributed by atoms with Crippen LogP contribution >= 0.6 is 11.6 Å². The van der Waals surface area contributed by atoms with Crippen molar-refractivity contribution >= 4 is 35.2 Å². The van der Waals surface area contributed by atoms with Gasteiger partial charge in [-0.2, -0.15) is 9.58 Å². The number of nitrogens with zero attached hydrogens (tertiary/aromatic N) is 3. The molecule has 0 spiro atoms. The van der Waals surface area contributed by atoms with Crippen molar-refractivity contribution in [3.8, 4) is 0 Å². The van der Waals surface area contributed by atoms with Crippen molar-refractivity contribution in [2.45, 2.75) is 6.42 Å². The average molecular weight is 254 g/mol. The summed E-state index contributed by atoms with van der Waals surface area (Å²) in [5.74, 6) is 0.775. The van der Waals surface area contributed by atoms with Gasteiger partial charge in [-0.05, 0) is 17.7 Å². The molecular formula is C11H12ClN3S. The number of hydrogen-bond acceptors (Lipinski definition) is 3. The van der Waals surface area contributed by atoms with Crippen molar-refractivity contribution in [2.75, 3.05) is 14.1 Å². The van der Waals surface area contributed by atoms with E-state index in [2.05, 4.69) is 10.1 Å². The highest BCUT2D eigenvalue weighted by Crippen LogP contribution is 2.15. The number of benzene rings is 1. The molecule has 16 heavy (non-hydrogen) atoms.